The lowest BCUT2D eigenvalue weighted by Gasteiger charge is -2.05. The highest BCUT2D eigenvalue weighted by atomic mass is 32.1. The van der Waals surface area contributed by atoms with Gasteiger partial charge in [-0.25, -0.2) is 4.98 Å². The highest BCUT2D eigenvalue weighted by Gasteiger charge is 2.09. The summed E-state index contributed by atoms with van der Waals surface area (Å²) in [5, 5.41) is 9.84. The summed E-state index contributed by atoms with van der Waals surface area (Å²) in [6.45, 7) is 5.18. The van der Waals surface area contributed by atoms with E-state index in [-0.39, 0.29) is 0 Å². The molecule has 3 rings (SSSR count). The Bertz CT molecular complexity index is 685. The van der Waals surface area contributed by atoms with Gasteiger partial charge < -0.3 is 10.1 Å². The van der Waals surface area contributed by atoms with Crippen LogP contribution in [0.2, 0.25) is 0 Å². The average molecular weight is 305 g/mol. The molecule has 0 atom stereocenters. The first-order valence-electron chi connectivity index (χ1n) is 6.90. The van der Waals surface area contributed by atoms with Gasteiger partial charge in [0.2, 0.25) is 0 Å². The topological polar surface area (TPSA) is 56.4 Å². The second kappa shape index (κ2) is 6.38. The van der Waals surface area contributed by atoms with Crippen molar-refractivity contribution in [2.24, 2.45) is 0 Å². The first kappa shape index (κ1) is 14.2. The number of fused-ring (bicyclic) bond motifs is 1. The Morgan fingerprint density at radius 2 is 2.33 bits per heavy atom. The van der Waals surface area contributed by atoms with Crippen molar-refractivity contribution in [3.05, 3.63) is 40.9 Å². The Morgan fingerprint density at radius 1 is 1.43 bits per heavy atom. The standard InChI is InChI=1S/C14H19N5OS/c1-11-12(7-15-3-5-20-2)8-16-19(11)10-13-9-18-4-6-21-14(18)17-13/h4,6,8-9,15H,3,5,7,10H2,1-2H3. The molecule has 0 aliphatic rings. The summed E-state index contributed by atoms with van der Waals surface area (Å²) in [6.07, 6.45) is 6.01. The number of nitrogens with one attached hydrogen (secondary N) is 1. The molecule has 0 bridgehead atoms. The first-order valence-corrected chi connectivity index (χ1v) is 7.78. The summed E-state index contributed by atoms with van der Waals surface area (Å²) in [4.78, 5) is 5.62. The van der Waals surface area contributed by atoms with Crippen molar-refractivity contribution in [2.75, 3.05) is 20.3 Å². The molecule has 1 N–H and O–H groups in total. The lowest BCUT2D eigenvalue weighted by atomic mass is 10.2. The monoisotopic (exact) mass is 305 g/mol. The fourth-order valence-corrected chi connectivity index (χ4v) is 2.94. The van der Waals surface area contributed by atoms with Gasteiger partial charge in [0.1, 0.15) is 0 Å². The van der Waals surface area contributed by atoms with Crippen molar-refractivity contribution in [1.29, 1.82) is 0 Å². The summed E-state index contributed by atoms with van der Waals surface area (Å²) in [5.41, 5.74) is 3.43. The number of hydrogen-bond acceptors (Lipinski definition) is 5. The van der Waals surface area contributed by atoms with Gasteiger partial charge in [0.05, 0.1) is 25.0 Å². The van der Waals surface area contributed by atoms with E-state index in [0.717, 1.165) is 30.4 Å². The van der Waals surface area contributed by atoms with Gasteiger partial charge in [-0.05, 0) is 6.92 Å². The molecule has 0 aliphatic carbocycles. The Hall–Kier alpha value is -1.70. The highest BCUT2D eigenvalue weighted by Crippen LogP contribution is 2.14. The molecule has 0 fully saturated rings. The van der Waals surface area contributed by atoms with Crippen LogP contribution in [0, 0.1) is 6.92 Å². The third kappa shape index (κ3) is 3.15. The molecule has 0 aromatic carbocycles. The Labute approximate surface area is 127 Å². The van der Waals surface area contributed by atoms with E-state index in [0.29, 0.717) is 6.54 Å². The van der Waals surface area contributed by atoms with E-state index in [2.05, 4.69) is 28.5 Å². The van der Waals surface area contributed by atoms with Crippen LogP contribution in [0.3, 0.4) is 0 Å². The van der Waals surface area contributed by atoms with E-state index in [9.17, 15) is 0 Å². The number of imidazole rings is 1. The Balaban J connectivity index is 1.65. The van der Waals surface area contributed by atoms with Crippen LogP contribution in [-0.4, -0.2) is 39.4 Å². The van der Waals surface area contributed by atoms with E-state index in [1.807, 2.05) is 26.9 Å². The summed E-state index contributed by atoms with van der Waals surface area (Å²) in [5.74, 6) is 0. The molecular weight excluding hydrogens is 286 g/mol. The fourth-order valence-electron chi connectivity index (χ4n) is 2.22. The maximum absolute atomic E-state index is 5.02. The molecule has 3 aromatic heterocycles. The molecule has 6 nitrogen and oxygen atoms in total. The summed E-state index contributed by atoms with van der Waals surface area (Å²) in [7, 11) is 1.71. The number of aromatic nitrogens is 4. The van der Waals surface area contributed by atoms with Crippen LogP contribution in [0.25, 0.3) is 4.96 Å². The van der Waals surface area contributed by atoms with Gasteiger partial charge in [0.15, 0.2) is 4.96 Å². The third-order valence-corrected chi connectivity index (χ3v) is 4.23. The van der Waals surface area contributed by atoms with E-state index in [4.69, 9.17) is 4.74 Å². The zero-order chi connectivity index (χ0) is 14.7. The van der Waals surface area contributed by atoms with Crippen molar-refractivity contribution >= 4 is 16.3 Å². The smallest absolute Gasteiger partial charge is 0.193 e. The average Bonchev–Trinajstić information content (AvgIpc) is 3.13. The van der Waals surface area contributed by atoms with Crippen LogP contribution in [0.4, 0.5) is 0 Å². The molecule has 0 amide bonds. The van der Waals surface area contributed by atoms with E-state index < -0.39 is 0 Å². The van der Waals surface area contributed by atoms with Gasteiger partial charge in [-0.1, -0.05) is 0 Å². The number of methoxy groups -OCH3 is 1. The summed E-state index contributed by atoms with van der Waals surface area (Å²) >= 11 is 1.64. The molecule has 3 heterocycles. The van der Waals surface area contributed by atoms with Gasteiger partial charge in [-0.2, -0.15) is 5.10 Å². The van der Waals surface area contributed by atoms with E-state index >= 15 is 0 Å². The molecule has 0 saturated heterocycles. The Morgan fingerprint density at radius 3 is 3.14 bits per heavy atom. The van der Waals surface area contributed by atoms with E-state index in [1.54, 1.807) is 18.4 Å². The molecule has 7 heteroatoms. The molecule has 0 unspecified atom stereocenters. The lowest BCUT2D eigenvalue weighted by molar-refractivity contribution is 0.199. The maximum atomic E-state index is 5.02. The molecule has 0 spiro atoms. The van der Waals surface area contributed by atoms with Crippen LogP contribution < -0.4 is 5.32 Å². The maximum Gasteiger partial charge on any atom is 0.193 e. The third-order valence-electron chi connectivity index (χ3n) is 3.46. The first-order chi connectivity index (χ1) is 10.3. The number of rotatable bonds is 7. The van der Waals surface area contributed by atoms with Crippen LogP contribution in [0.1, 0.15) is 17.0 Å². The second-order valence-electron chi connectivity index (χ2n) is 4.91. The van der Waals surface area contributed by atoms with Gasteiger partial charge >= 0.3 is 0 Å². The van der Waals surface area contributed by atoms with E-state index in [1.165, 1.54) is 11.3 Å². The minimum atomic E-state index is 0.707. The fraction of sp³-hybridized carbons (Fsp3) is 0.429. The molecule has 3 aromatic rings. The lowest BCUT2D eigenvalue weighted by Crippen LogP contribution is -2.19. The summed E-state index contributed by atoms with van der Waals surface area (Å²) in [6, 6.07) is 0. The van der Waals surface area contributed by atoms with Gasteiger partial charge in [0.25, 0.3) is 0 Å². The number of thiazole rings is 1. The normalized spacial score (nSPS) is 11.5. The molecule has 112 valence electrons. The minimum Gasteiger partial charge on any atom is -0.383 e. The van der Waals surface area contributed by atoms with Crippen molar-refractivity contribution in [2.45, 2.75) is 20.0 Å². The quantitative estimate of drug-likeness (QED) is 0.675. The zero-order valence-electron chi connectivity index (χ0n) is 12.2. The van der Waals surface area contributed by atoms with Crippen molar-refractivity contribution in [1.82, 2.24) is 24.5 Å². The van der Waals surface area contributed by atoms with Crippen LogP contribution >= 0.6 is 11.3 Å². The second-order valence-corrected chi connectivity index (χ2v) is 5.78. The molecule has 0 radical (unpaired) electrons. The van der Waals surface area contributed by atoms with Crippen molar-refractivity contribution < 1.29 is 4.74 Å². The predicted octanol–water partition coefficient (Wildman–Crippen LogP) is 1.69. The highest BCUT2D eigenvalue weighted by molar-refractivity contribution is 7.15. The molecule has 21 heavy (non-hydrogen) atoms. The number of ether oxygens (including phenoxy) is 1. The predicted molar refractivity (Wildman–Crippen MR) is 82.7 cm³/mol. The number of hydrogen-bond donors (Lipinski definition) is 1. The summed E-state index contributed by atoms with van der Waals surface area (Å²) < 4.78 is 9.07. The van der Waals surface area contributed by atoms with Crippen LogP contribution in [0.15, 0.2) is 24.0 Å². The Kier molecular flexibility index (Phi) is 4.33. The van der Waals surface area contributed by atoms with Crippen LogP contribution in [-0.2, 0) is 17.8 Å². The van der Waals surface area contributed by atoms with Crippen molar-refractivity contribution in [3.63, 3.8) is 0 Å². The van der Waals surface area contributed by atoms with Crippen LogP contribution in [0.5, 0.6) is 0 Å². The number of nitrogens with zero attached hydrogens (tertiary/aromatic N) is 4. The van der Waals surface area contributed by atoms with Gasteiger partial charge in [0, 0.05) is 49.2 Å². The molecule has 0 aliphatic heterocycles. The SMILES string of the molecule is COCCNCc1cnn(Cc2cn3ccsc3n2)c1C. The molecular formula is C14H19N5OS. The molecule has 0 saturated carbocycles. The zero-order valence-corrected chi connectivity index (χ0v) is 13.1. The van der Waals surface area contributed by atoms with Gasteiger partial charge in [-0.15, -0.1) is 11.3 Å². The minimum absolute atomic E-state index is 0.707. The largest absolute Gasteiger partial charge is 0.383 e. The van der Waals surface area contributed by atoms with Gasteiger partial charge in [-0.3, -0.25) is 9.08 Å². The van der Waals surface area contributed by atoms with Crippen molar-refractivity contribution in [3.8, 4) is 0 Å².